The van der Waals surface area contributed by atoms with Gasteiger partial charge in [0.25, 0.3) is 0 Å². The quantitative estimate of drug-likeness (QED) is 0.744. The van der Waals surface area contributed by atoms with E-state index in [0.717, 1.165) is 25.5 Å². The molecule has 5 nitrogen and oxygen atoms in total. The van der Waals surface area contributed by atoms with Gasteiger partial charge in [0.2, 0.25) is 0 Å². The number of nitrogens with one attached hydrogen (secondary N) is 1. The van der Waals surface area contributed by atoms with Crippen molar-refractivity contribution in [2.45, 2.75) is 32.5 Å². The first-order chi connectivity index (χ1) is 7.18. The Balaban J connectivity index is 2.06. The number of aryl methyl sites for hydroxylation is 1. The number of hydrogen-bond acceptors (Lipinski definition) is 4. The first kappa shape index (κ1) is 10.6. The fourth-order valence-corrected chi connectivity index (χ4v) is 2.10. The summed E-state index contributed by atoms with van der Waals surface area (Å²) in [5, 5.41) is 11.5. The minimum Gasteiger partial charge on any atom is -0.320 e. The van der Waals surface area contributed by atoms with Crippen LogP contribution in [-0.4, -0.2) is 44.8 Å². The zero-order valence-electron chi connectivity index (χ0n) is 9.64. The smallest absolute Gasteiger partial charge is 0.146 e. The molecule has 0 aromatic carbocycles. The van der Waals surface area contributed by atoms with E-state index in [9.17, 15) is 0 Å². The van der Waals surface area contributed by atoms with Gasteiger partial charge in [-0.15, -0.1) is 10.2 Å². The van der Waals surface area contributed by atoms with Gasteiger partial charge in [0.15, 0.2) is 0 Å². The molecule has 0 aliphatic carbocycles. The predicted octanol–water partition coefficient (Wildman–Crippen LogP) is -0.00270. The molecule has 0 saturated carbocycles. The largest absolute Gasteiger partial charge is 0.320 e. The van der Waals surface area contributed by atoms with E-state index in [0.29, 0.717) is 12.1 Å². The van der Waals surface area contributed by atoms with Crippen LogP contribution in [0.25, 0.3) is 0 Å². The minimum absolute atomic E-state index is 0.561. The fourth-order valence-electron chi connectivity index (χ4n) is 2.10. The molecular formula is C10H19N5. The topological polar surface area (TPSA) is 46.0 Å². The van der Waals surface area contributed by atoms with E-state index in [-0.39, 0.29) is 0 Å². The van der Waals surface area contributed by atoms with Gasteiger partial charge in [-0.3, -0.25) is 4.90 Å². The van der Waals surface area contributed by atoms with E-state index in [1.165, 1.54) is 0 Å². The number of aromatic nitrogens is 3. The van der Waals surface area contributed by atoms with Gasteiger partial charge in [-0.25, -0.2) is 0 Å². The number of rotatable bonds is 2. The molecule has 84 valence electrons. The van der Waals surface area contributed by atoms with E-state index in [1.807, 2.05) is 11.6 Å². The summed E-state index contributed by atoms with van der Waals surface area (Å²) in [6.45, 7) is 7.50. The average molecular weight is 209 g/mol. The number of piperazine rings is 1. The molecular weight excluding hydrogens is 190 g/mol. The van der Waals surface area contributed by atoms with E-state index in [1.54, 1.807) is 6.33 Å². The second-order valence-electron chi connectivity index (χ2n) is 4.39. The molecule has 1 saturated heterocycles. The number of nitrogens with zero attached hydrogens (tertiary/aromatic N) is 4. The van der Waals surface area contributed by atoms with Crippen LogP contribution >= 0.6 is 0 Å². The Kier molecular flexibility index (Phi) is 3.02. The summed E-state index contributed by atoms with van der Waals surface area (Å²) in [5.74, 6) is 1.04. The molecule has 2 rings (SSSR count). The van der Waals surface area contributed by atoms with E-state index in [2.05, 4.69) is 34.3 Å². The van der Waals surface area contributed by atoms with Gasteiger partial charge in [-0.05, 0) is 13.8 Å². The summed E-state index contributed by atoms with van der Waals surface area (Å²) < 4.78 is 1.99. The van der Waals surface area contributed by atoms with Gasteiger partial charge in [0, 0.05) is 32.2 Å². The molecule has 1 aliphatic heterocycles. The van der Waals surface area contributed by atoms with Crippen molar-refractivity contribution >= 4 is 0 Å². The predicted molar refractivity (Wildman–Crippen MR) is 58.3 cm³/mol. The van der Waals surface area contributed by atoms with Gasteiger partial charge in [-0.1, -0.05) is 0 Å². The molecule has 1 aromatic heterocycles. The maximum absolute atomic E-state index is 4.13. The molecule has 1 fully saturated rings. The molecule has 0 radical (unpaired) electrons. The van der Waals surface area contributed by atoms with Crippen molar-refractivity contribution in [2.24, 2.45) is 7.05 Å². The second-order valence-corrected chi connectivity index (χ2v) is 4.39. The van der Waals surface area contributed by atoms with E-state index >= 15 is 0 Å². The van der Waals surface area contributed by atoms with Crippen molar-refractivity contribution in [2.75, 3.05) is 13.1 Å². The lowest BCUT2D eigenvalue weighted by atomic mass is 10.1. The minimum atomic E-state index is 0.561. The fraction of sp³-hybridized carbons (Fsp3) is 0.800. The van der Waals surface area contributed by atoms with Gasteiger partial charge in [0.05, 0.1) is 6.54 Å². The molecule has 2 heterocycles. The van der Waals surface area contributed by atoms with Crippen molar-refractivity contribution in [1.29, 1.82) is 0 Å². The lowest BCUT2D eigenvalue weighted by Gasteiger charge is -2.38. The highest BCUT2D eigenvalue weighted by Gasteiger charge is 2.25. The van der Waals surface area contributed by atoms with Crippen LogP contribution < -0.4 is 5.32 Å². The SMILES string of the molecule is CC1CNCC(C)N1Cc1nncn1C. The van der Waals surface area contributed by atoms with Gasteiger partial charge in [-0.2, -0.15) is 0 Å². The maximum atomic E-state index is 4.13. The number of hydrogen-bond donors (Lipinski definition) is 1. The van der Waals surface area contributed by atoms with Crippen molar-refractivity contribution < 1.29 is 0 Å². The molecule has 1 aliphatic rings. The average Bonchev–Trinajstić information content (AvgIpc) is 2.58. The van der Waals surface area contributed by atoms with E-state index < -0.39 is 0 Å². The summed E-state index contributed by atoms with van der Waals surface area (Å²) in [6, 6.07) is 1.12. The van der Waals surface area contributed by atoms with Crippen molar-refractivity contribution in [3.63, 3.8) is 0 Å². The van der Waals surface area contributed by atoms with Gasteiger partial charge < -0.3 is 9.88 Å². The van der Waals surface area contributed by atoms with Gasteiger partial charge >= 0.3 is 0 Å². The Morgan fingerprint density at radius 3 is 2.60 bits per heavy atom. The van der Waals surface area contributed by atoms with E-state index in [4.69, 9.17) is 0 Å². The molecule has 15 heavy (non-hydrogen) atoms. The molecule has 0 spiro atoms. The molecule has 1 N–H and O–H groups in total. The first-order valence-electron chi connectivity index (χ1n) is 5.48. The lowest BCUT2D eigenvalue weighted by Crippen LogP contribution is -2.54. The Morgan fingerprint density at radius 2 is 2.07 bits per heavy atom. The summed E-state index contributed by atoms with van der Waals surface area (Å²) in [4.78, 5) is 2.47. The molecule has 0 amide bonds. The molecule has 5 heteroatoms. The highest BCUT2D eigenvalue weighted by molar-refractivity contribution is 4.90. The Hall–Kier alpha value is -0.940. The monoisotopic (exact) mass is 209 g/mol. The van der Waals surface area contributed by atoms with Crippen molar-refractivity contribution in [1.82, 2.24) is 25.0 Å². The van der Waals surface area contributed by atoms with Crippen molar-refractivity contribution in [3.8, 4) is 0 Å². The second kappa shape index (κ2) is 4.28. The van der Waals surface area contributed by atoms with Crippen LogP contribution in [0.1, 0.15) is 19.7 Å². The highest BCUT2D eigenvalue weighted by atomic mass is 15.3. The summed E-state index contributed by atoms with van der Waals surface area (Å²) in [7, 11) is 1.99. The molecule has 0 bridgehead atoms. The van der Waals surface area contributed by atoms with Crippen LogP contribution in [0, 0.1) is 0 Å². The highest BCUT2D eigenvalue weighted by Crippen LogP contribution is 2.12. The summed E-state index contributed by atoms with van der Waals surface area (Å²) in [5.41, 5.74) is 0. The Bertz CT molecular complexity index is 311. The standard InChI is InChI=1S/C10H19N5/c1-8-4-11-5-9(2)15(8)6-10-13-12-7-14(10)3/h7-9,11H,4-6H2,1-3H3. The molecule has 1 aromatic rings. The zero-order chi connectivity index (χ0) is 10.8. The van der Waals surface area contributed by atoms with Crippen molar-refractivity contribution in [3.05, 3.63) is 12.2 Å². The van der Waals surface area contributed by atoms with Crippen LogP contribution in [0.2, 0.25) is 0 Å². The summed E-state index contributed by atoms with van der Waals surface area (Å²) in [6.07, 6.45) is 1.76. The molecule has 2 atom stereocenters. The first-order valence-corrected chi connectivity index (χ1v) is 5.48. The third-order valence-electron chi connectivity index (χ3n) is 3.14. The zero-order valence-corrected chi connectivity index (χ0v) is 9.64. The third-order valence-corrected chi connectivity index (χ3v) is 3.14. The molecule has 2 unspecified atom stereocenters. The third kappa shape index (κ3) is 2.18. The van der Waals surface area contributed by atoms with Crippen LogP contribution in [0.15, 0.2) is 6.33 Å². The maximum Gasteiger partial charge on any atom is 0.146 e. The lowest BCUT2D eigenvalue weighted by molar-refractivity contribution is 0.104. The normalized spacial score (nSPS) is 28.2. The van der Waals surface area contributed by atoms with Crippen LogP contribution in [-0.2, 0) is 13.6 Å². The van der Waals surface area contributed by atoms with Crippen LogP contribution in [0.3, 0.4) is 0 Å². The van der Waals surface area contributed by atoms with Gasteiger partial charge in [0.1, 0.15) is 12.2 Å². The van der Waals surface area contributed by atoms with Crippen LogP contribution in [0.5, 0.6) is 0 Å². The Morgan fingerprint density at radius 1 is 1.40 bits per heavy atom. The van der Waals surface area contributed by atoms with Crippen LogP contribution in [0.4, 0.5) is 0 Å². The summed E-state index contributed by atoms with van der Waals surface area (Å²) >= 11 is 0. The Labute approximate surface area is 90.5 Å².